The first-order valence-corrected chi connectivity index (χ1v) is 12.2. The molecule has 0 N–H and O–H groups in total. The number of amides is 2. The molecule has 4 rings (SSSR count). The number of aryl methyl sites for hydroxylation is 2. The molecular weight excluding hydrogens is 462 g/mol. The highest BCUT2D eigenvalue weighted by molar-refractivity contribution is 8.18. The number of imide groups is 1. The van der Waals surface area contributed by atoms with Crippen LogP contribution in [0.1, 0.15) is 16.7 Å². The van der Waals surface area contributed by atoms with Crippen LogP contribution >= 0.6 is 11.8 Å². The Kier molecular flexibility index (Phi) is 8.11. The molecule has 1 aliphatic rings. The molecule has 3 aromatic carbocycles. The summed E-state index contributed by atoms with van der Waals surface area (Å²) in [5, 5.41) is -0.295. The molecule has 180 valence electrons. The van der Waals surface area contributed by atoms with Crippen LogP contribution < -0.4 is 14.2 Å². The number of para-hydroxylation sites is 1. The summed E-state index contributed by atoms with van der Waals surface area (Å²) in [6.45, 7) is 5.19. The smallest absolute Gasteiger partial charge is 0.293 e. The third-order valence-corrected chi connectivity index (χ3v) is 6.22. The number of carbonyl (C=O) groups is 2. The fraction of sp³-hybridized carbons (Fsp3) is 0.214. The Morgan fingerprint density at radius 1 is 0.800 bits per heavy atom. The van der Waals surface area contributed by atoms with E-state index in [1.165, 1.54) is 4.90 Å². The van der Waals surface area contributed by atoms with Crippen molar-refractivity contribution in [3.8, 4) is 17.2 Å². The van der Waals surface area contributed by atoms with Crippen LogP contribution in [0, 0.1) is 13.8 Å². The number of benzene rings is 3. The average molecular weight is 490 g/mol. The molecule has 6 nitrogen and oxygen atoms in total. The highest BCUT2D eigenvalue weighted by atomic mass is 32.2. The lowest BCUT2D eigenvalue weighted by Gasteiger charge is -2.14. The van der Waals surface area contributed by atoms with Crippen molar-refractivity contribution in [1.82, 2.24) is 4.90 Å². The Morgan fingerprint density at radius 3 is 2.34 bits per heavy atom. The summed E-state index contributed by atoms with van der Waals surface area (Å²) in [6, 6.07) is 22.9. The van der Waals surface area contributed by atoms with Crippen molar-refractivity contribution < 1.29 is 23.8 Å². The largest absolute Gasteiger partial charge is 0.491 e. The second-order valence-corrected chi connectivity index (χ2v) is 9.03. The van der Waals surface area contributed by atoms with Crippen molar-refractivity contribution in [3.05, 3.63) is 94.4 Å². The number of ether oxygens (including phenoxy) is 3. The van der Waals surface area contributed by atoms with Crippen molar-refractivity contribution in [1.29, 1.82) is 0 Å². The summed E-state index contributed by atoms with van der Waals surface area (Å²) in [5.74, 6) is 1.90. The Hall–Kier alpha value is -3.71. The molecule has 1 fully saturated rings. The van der Waals surface area contributed by atoms with Crippen LogP contribution in [0.3, 0.4) is 0 Å². The molecule has 0 unspecified atom stereocenters. The van der Waals surface area contributed by atoms with Gasteiger partial charge < -0.3 is 14.2 Å². The maximum atomic E-state index is 12.8. The standard InChI is InChI=1S/C28H27NO5S/c1-20-11-12-21(2)25(17-20)34-14-13-29-27(30)26(35-28(29)31)19-22-7-6-10-24(18-22)33-16-15-32-23-8-4-3-5-9-23/h3-12,17-19H,13-16H2,1-2H3/b26-19-. The Morgan fingerprint density at radius 2 is 1.54 bits per heavy atom. The van der Waals surface area contributed by atoms with Gasteiger partial charge in [-0.15, -0.1) is 0 Å². The molecule has 0 saturated carbocycles. The number of nitrogens with zero attached hydrogens (tertiary/aromatic N) is 1. The minimum Gasteiger partial charge on any atom is -0.491 e. The van der Waals surface area contributed by atoms with Crippen LogP contribution in [0.4, 0.5) is 4.79 Å². The fourth-order valence-electron chi connectivity index (χ4n) is 3.48. The Bertz CT molecular complexity index is 1230. The summed E-state index contributed by atoms with van der Waals surface area (Å²) in [6.07, 6.45) is 1.71. The van der Waals surface area contributed by atoms with Crippen molar-refractivity contribution in [2.45, 2.75) is 13.8 Å². The summed E-state index contributed by atoms with van der Waals surface area (Å²) in [4.78, 5) is 26.9. The van der Waals surface area contributed by atoms with E-state index in [9.17, 15) is 9.59 Å². The highest BCUT2D eigenvalue weighted by Crippen LogP contribution is 2.32. The molecule has 0 aromatic heterocycles. The lowest BCUT2D eigenvalue weighted by atomic mass is 10.1. The SMILES string of the molecule is Cc1ccc(C)c(OCCN2C(=O)S/C(=C\c3cccc(OCCOc4ccccc4)c3)C2=O)c1. The molecule has 0 bridgehead atoms. The van der Waals surface area contributed by atoms with E-state index in [2.05, 4.69) is 0 Å². The van der Waals surface area contributed by atoms with Crippen molar-refractivity contribution in [3.63, 3.8) is 0 Å². The molecule has 0 spiro atoms. The zero-order valence-electron chi connectivity index (χ0n) is 19.7. The Balaban J connectivity index is 1.30. The molecule has 0 atom stereocenters. The lowest BCUT2D eigenvalue weighted by Crippen LogP contribution is -2.32. The molecule has 0 aliphatic carbocycles. The number of carbonyl (C=O) groups excluding carboxylic acids is 2. The van der Waals surface area contributed by atoms with Gasteiger partial charge in [0.15, 0.2) is 0 Å². The number of hydrogen-bond donors (Lipinski definition) is 0. The second kappa shape index (κ2) is 11.6. The van der Waals surface area contributed by atoms with E-state index in [0.717, 1.165) is 40.0 Å². The molecule has 1 saturated heterocycles. The van der Waals surface area contributed by atoms with Gasteiger partial charge in [0.25, 0.3) is 11.1 Å². The maximum absolute atomic E-state index is 12.8. The predicted octanol–water partition coefficient (Wildman–Crippen LogP) is 5.88. The molecule has 1 aliphatic heterocycles. The zero-order valence-corrected chi connectivity index (χ0v) is 20.5. The third kappa shape index (κ3) is 6.67. The van der Waals surface area contributed by atoms with Gasteiger partial charge >= 0.3 is 0 Å². The van der Waals surface area contributed by atoms with Gasteiger partial charge in [-0.05, 0) is 78.7 Å². The maximum Gasteiger partial charge on any atom is 0.293 e. The third-order valence-electron chi connectivity index (χ3n) is 5.31. The van der Waals surface area contributed by atoms with Crippen LogP contribution in [0.15, 0.2) is 77.7 Å². The summed E-state index contributed by atoms with van der Waals surface area (Å²) >= 11 is 0.936. The van der Waals surface area contributed by atoms with Crippen molar-refractivity contribution >= 4 is 29.0 Å². The first-order chi connectivity index (χ1) is 17.0. The van der Waals surface area contributed by atoms with E-state index in [0.29, 0.717) is 23.9 Å². The topological polar surface area (TPSA) is 65.1 Å². The van der Waals surface area contributed by atoms with Gasteiger partial charge in [0.05, 0.1) is 11.4 Å². The number of hydrogen-bond acceptors (Lipinski definition) is 6. The molecule has 35 heavy (non-hydrogen) atoms. The lowest BCUT2D eigenvalue weighted by molar-refractivity contribution is -0.123. The van der Waals surface area contributed by atoms with Crippen LogP contribution in [0.2, 0.25) is 0 Å². The van der Waals surface area contributed by atoms with Crippen molar-refractivity contribution in [2.24, 2.45) is 0 Å². The monoisotopic (exact) mass is 489 g/mol. The first-order valence-electron chi connectivity index (χ1n) is 11.4. The normalized spacial score (nSPS) is 14.5. The van der Waals surface area contributed by atoms with Gasteiger partial charge in [-0.3, -0.25) is 14.5 Å². The van der Waals surface area contributed by atoms with E-state index >= 15 is 0 Å². The second-order valence-electron chi connectivity index (χ2n) is 8.03. The molecular formula is C28H27NO5S. The van der Waals surface area contributed by atoms with E-state index < -0.39 is 0 Å². The van der Waals surface area contributed by atoms with E-state index in [1.807, 2.05) is 86.6 Å². The number of rotatable bonds is 10. The average Bonchev–Trinajstić information content (AvgIpc) is 3.12. The molecule has 7 heteroatoms. The van der Waals surface area contributed by atoms with Crippen molar-refractivity contribution in [2.75, 3.05) is 26.4 Å². The fourth-order valence-corrected chi connectivity index (χ4v) is 4.35. The van der Waals surface area contributed by atoms with Gasteiger partial charge in [-0.2, -0.15) is 0 Å². The van der Waals surface area contributed by atoms with E-state index in [4.69, 9.17) is 14.2 Å². The van der Waals surface area contributed by atoms with Crippen LogP contribution in [-0.4, -0.2) is 42.4 Å². The Labute approximate surface area is 209 Å². The van der Waals surface area contributed by atoms with E-state index in [1.54, 1.807) is 6.08 Å². The predicted molar refractivity (Wildman–Crippen MR) is 138 cm³/mol. The molecule has 3 aromatic rings. The summed E-state index contributed by atoms with van der Waals surface area (Å²) in [7, 11) is 0. The first kappa shape index (κ1) is 24.4. The van der Waals surface area contributed by atoms with Gasteiger partial charge in [0.1, 0.15) is 37.1 Å². The highest BCUT2D eigenvalue weighted by Gasteiger charge is 2.34. The van der Waals surface area contributed by atoms with Crippen LogP contribution in [-0.2, 0) is 4.79 Å². The van der Waals surface area contributed by atoms with Crippen LogP contribution in [0.25, 0.3) is 6.08 Å². The molecule has 1 heterocycles. The summed E-state index contributed by atoms with van der Waals surface area (Å²) in [5.41, 5.74) is 2.89. The zero-order chi connectivity index (χ0) is 24.6. The van der Waals surface area contributed by atoms with Gasteiger partial charge in [0.2, 0.25) is 0 Å². The summed E-state index contributed by atoms with van der Waals surface area (Å²) < 4.78 is 17.2. The van der Waals surface area contributed by atoms with Gasteiger partial charge in [-0.1, -0.05) is 42.5 Å². The van der Waals surface area contributed by atoms with E-state index in [-0.39, 0.29) is 24.3 Å². The molecule has 2 amide bonds. The quantitative estimate of drug-likeness (QED) is 0.262. The van der Waals surface area contributed by atoms with Gasteiger partial charge in [-0.25, -0.2) is 0 Å². The molecule has 0 radical (unpaired) electrons. The van der Waals surface area contributed by atoms with Gasteiger partial charge in [0, 0.05) is 0 Å². The number of thioether (sulfide) groups is 1. The minimum atomic E-state index is -0.313. The van der Waals surface area contributed by atoms with Crippen LogP contribution in [0.5, 0.6) is 17.2 Å². The minimum absolute atomic E-state index is 0.194.